The largest absolute Gasteiger partial charge is 0.229 e. The molecule has 0 bridgehead atoms. The quantitative estimate of drug-likeness (QED) is 0.559. The summed E-state index contributed by atoms with van der Waals surface area (Å²) in [6, 6.07) is 0. The molecule has 0 aliphatic carbocycles. The van der Waals surface area contributed by atoms with E-state index in [0.29, 0.717) is 5.75 Å². The lowest BCUT2D eigenvalue weighted by Gasteiger charge is -2.00. The fourth-order valence-corrected chi connectivity index (χ4v) is 2.23. The third-order valence-corrected chi connectivity index (χ3v) is 3.40. The van der Waals surface area contributed by atoms with Gasteiger partial charge in [0.1, 0.15) is 9.84 Å². The van der Waals surface area contributed by atoms with E-state index in [1.54, 1.807) is 0 Å². The van der Waals surface area contributed by atoms with Gasteiger partial charge in [-0.1, -0.05) is 51.9 Å². The first-order valence-electron chi connectivity index (χ1n) is 5.74. The van der Waals surface area contributed by atoms with Crippen LogP contribution in [0.3, 0.4) is 0 Å². The van der Waals surface area contributed by atoms with Gasteiger partial charge in [-0.2, -0.15) is 0 Å². The molecule has 0 spiro atoms. The number of sulfone groups is 1. The summed E-state index contributed by atoms with van der Waals surface area (Å²) in [5.41, 5.74) is 0. The Hall–Kier alpha value is -0.0500. The first kappa shape index (κ1) is 13.9. The minimum atomic E-state index is -2.73. The molecule has 0 fully saturated rings. The highest BCUT2D eigenvalue weighted by atomic mass is 32.2. The van der Waals surface area contributed by atoms with Gasteiger partial charge in [-0.3, -0.25) is 0 Å². The molecule has 0 N–H and O–H groups in total. The Morgan fingerprint density at radius 3 is 1.64 bits per heavy atom. The summed E-state index contributed by atoms with van der Waals surface area (Å²) in [7, 11) is -2.73. The Morgan fingerprint density at radius 2 is 1.21 bits per heavy atom. The summed E-state index contributed by atoms with van der Waals surface area (Å²) >= 11 is 0. The van der Waals surface area contributed by atoms with E-state index in [2.05, 4.69) is 6.92 Å². The molecule has 0 aliphatic heterocycles. The molecule has 86 valence electrons. The van der Waals surface area contributed by atoms with Crippen molar-refractivity contribution in [1.29, 1.82) is 0 Å². The zero-order chi connectivity index (χ0) is 10.9. The van der Waals surface area contributed by atoms with Gasteiger partial charge in [0, 0.05) is 12.0 Å². The highest BCUT2D eigenvalue weighted by Gasteiger charge is 2.00. The van der Waals surface area contributed by atoms with E-state index in [0.717, 1.165) is 12.8 Å². The Kier molecular flexibility index (Phi) is 8.24. The molecule has 0 aromatic carbocycles. The highest BCUT2D eigenvalue weighted by Crippen LogP contribution is 2.08. The average Bonchev–Trinajstić information content (AvgIpc) is 2.08. The lowest BCUT2D eigenvalue weighted by atomic mass is 10.1. The second kappa shape index (κ2) is 8.27. The molecule has 2 nitrogen and oxygen atoms in total. The van der Waals surface area contributed by atoms with Gasteiger partial charge in [0.2, 0.25) is 0 Å². The maximum Gasteiger partial charge on any atom is 0.147 e. The molecule has 0 saturated carbocycles. The van der Waals surface area contributed by atoms with Crippen molar-refractivity contribution in [2.24, 2.45) is 0 Å². The second-order valence-corrected chi connectivity index (χ2v) is 6.36. The van der Waals surface area contributed by atoms with Gasteiger partial charge in [-0.05, 0) is 6.42 Å². The molecule has 0 aromatic rings. The van der Waals surface area contributed by atoms with E-state index in [-0.39, 0.29) is 0 Å². The van der Waals surface area contributed by atoms with Crippen molar-refractivity contribution in [3.8, 4) is 0 Å². The molecule has 14 heavy (non-hydrogen) atoms. The summed E-state index contributed by atoms with van der Waals surface area (Å²) in [6.07, 6.45) is 11.0. The molecule has 0 unspecified atom stereocenters. The van der Waals surface area contributed by atoms with Gasteiger partial charge in [-0.25, -0.2) is 8.42 Å². The van der Waals surface area contributed by atoms with Crippen molar-refractivity contribution >= 4 is 9.84 Å². The van der Waals surface area contributed by atoms with Gasteiger partial charge in [0.25, 0.3) is 0 Å². The number of hydrogen-bond acceptors (Lipinski definition) is 2. The lowest BCUT2D eigenvalue weighted by molar-refractivity contribution is 0.575. The van der Waals surface area contributed by atoms with E-state index in [4.69, 9.17) is 0 Å². The van der Waals surface area contributed by atoms with Crippen LogP contribution in [0.1, 0.15) is 58.3 Å². The van der Waals surface area contributed by atoms with E-state index in [1.807, 2.05) is 0 Å². The van der Waals surface area contributed by atoms with Crippen molar-refractivity contribution in [3.63, 3.8) is 0 Å². The Balaban J connectivity index is 3.07. The van der Waals surface area contributed by atoms with Crippen molar-refractivity contribution in [2.75, 3.05) is 12.0 Å². The summed E-state index contributed by atoms with van der Waals surface area (Å²) in [5.74, 6) is 0.363. The molecule has 0 amide bonds. The minimum absolute atomic E-state index is 0.363. The first-order valence-corrected chi connectivity index (χ1v) is 7.80. The topological polar surface area (TPSA) is 34.1 Å². The van der Waals surface area contributed by atoms with Gasteiger partial charge in [-0.15, -0.1) is 0 Å². The molecule has 0 heterocycles. The van der Waals surface area contributed by atoms with Crippen LogP contribution in [0.25, 0.3) is 0 Å². The summed E-state index contributed by atoms with van der Waals surface area (Å²) < 4.78 is 21.6. The van der Waals surface area contributed by atoms with E-state index in [1.165, 1.54) is 44.8 Å². The van der Waals surface area contributed by atoms with Crippen molar-refractivity contribution in [3.05, 3.63) is 0 Å². The SMILES string of the molecule is CCCCCCCCCCS(C)(=O)=O. The van der Waals surface area contributed by atoms with Gasteiger partial charge in [0.15, 0.2) is 0 Å². The van der Waals surface area contributed by atoms with Gasteiger partial charge < -0.3 is 0 Å². The molecular weight excluding hydrogens is 196 g/mol. The molecule has 0 aliphatic rings. The summed E-state index contributed by atoms with van der Waals surface area (Å²) in [4.78, 5) is 0. The average molecular weight is 220 g/mol. The predicted octanol–water partition coefficient (Wildman–Crippen LogP) is 3.17. The standard InChI is InChI=1S/C11H24O2S/c1-3-4-5-6-7-8-9-10-11-14(2,12)13/h3-11H2,1-2H3. The van der Waals surface area contributed by atoms with Crippen LogP contribution in [-0.4, -0.2) is 20.4 Å². The van der Waals surface area contributed by atoms with Crippen LogP contribution in [0.4, 0.5) is 0 Å². The zero-order valence-corrected chi connectivity index (χ0v) is 10.4. The highest BCUT2D eigenvalue weighted by molar-refractivity contribution is 7.90. The Morgan fingerprint density at radius 1 is 0.786 bits per heavy atom. The van der Waals surface area contributed by atoms with E-state index in [9.17, 15) is 8.42 Å². The van der Waals surface area contributed by atoms with Gasteiger partial charge >= 0.3 is 0 Å². The molecule has 0 atom stereocenters. The predicted molar refractivity (Wildman–Crippen MR) is 62.3 cm³/mol. The Bertz CT molecular complexity index is 207. The van der Waals surface area contributed by atoms with Crippen LogP contribution >= 0.6 is 0 Å². The second-order valence-electron chi connectivity index (χ2n) is 4.10. The first-order chi connectivity index (χ1) is 6.56. The number of hydrogen-bond donors (Lipinski definition) is 0. The van der Waals surface area contributed by atoms with Crippen molar-refractivity contribution in [2.45, 2.75) is 58.3 Å². The molecule has 0 radical (unpaired) electrons. The molecule has 3 heteroatoms. The van der Waals surface area contributed by atoms with Crippen LogP contribution in [0.15, 0.2) is 0 Å². The van der Waals surface area contributed by atoms with E-state index >= 15 is 0 Å². The van der Waals surface area contributed by atoms with Crippen molar-refractivity contribution < 1.29 is 8.42 Å². The molecule has 0 aromatic heterocycles. The Labute approximate surface area is 89.0 Å². The zero-order valence-electron chi connectivity index (χ0n) is 9.59. The van der Waals surface area contributed by atoms with Crippen LogP contribution in [0, 0.1) is 0 Å². The van der Waals surface area contributed by atoms with Crippen LogP contribution in [-0.2, 0) is 9.84 Å². The third-order valence-electron chi connectivity index (χ3n) is 2.37. The third kappa shape index (κ3) is 11.9. The minimum Gasteiger partial charge on any atom is -0.229 e. The lowest BCUT2D eigenvalue weighted by Crippen LogP contribution is -2.02. The maximum absolute atomic E-state index is 10.8. The van der Waals surface area contributed by atoms with Crippen LogP contribution in [0.5, 0.6) is 0 Å². The van der Waals surface area contributed by atoms with E-state index < -0.39 is 9.84 Å². The van der Waals surface area contributed by atoms with Crippen LogP contribution in [0.2, 0.25) is 0 Å². The fourth-order valence-electron chi connectivity index (χ4n) is 1.50. The molecule has 0 saturated heterocycles. The summed E-state index contributed by atoms with van der Waals surface area (Å²) in [6.45, 7) is 2.21. The monoisotopic (exact) mass is 220 g/mol. The number of rotatable bonds is 9. The fraction of sp³-hybridized carbons (Fsp3) is 1.00. The molecular formula is C11H24O2S. The van der Waals surface area contributed by atoms with Crippen LogP contribution < -0.4 is 0 Å². The van der Waals surface area contributed by atoms with Gasteiger partial charge in [0.05, 0.1) is 0 Å². The van der Waals surface area contributed by atoms with Crippen molar-refractivity contribution in [1.82, 2.24) is 0 Å². The smallest absolute Gasteiger partial charge is 0.147 e. The maximum atomic E-state index is 10.8. The molecule has 0 rings (SSSR count). The summed E-state index contributed by atoms with van der Waals surface area (Å²) in [5, 5.41) is 0. The number of unbranched alkanes of at least 4 members (excludes halogenated alkanes) is 7. The normalized spacial score (nSPS) is 11.9.